The fourth-order valence-corrected chi connectivity index (χ4v) is 2.98. The van der Waals surface area contributed by atoms with Crippen LogP contribution >= 0.6 is 0 Å². The zero-order valence-electron chi connectivity index (χ0n) is 12.1. The van der Waals surface area contributed by atoms with E-state index in [0.717, 1.165) is 29.7 Å². The van der Waals surface area contributed by atoms with Gasteiger partial charge in [-0.05, 0) is 38.0 Å². The first-order chi connectivity index (χ1) is 9.65. The molecule has 106 valence electrons. The molecule has 1 aliphatic rings. The number of carbonyl (C=O) groups is 1. The first-order valence-corrected chi connectivity index (χ1v) is 7.39. The minimum atomic E-state index is 0.0297. The van der Waals surface area contributed by atoms with Crippen molar-refractivity contribution >= 4 is 16.9 Å². The molecule has 20 heavy (non-hydrogen) atoms. The van der Waals surface area contributed by atoms with Crippen molar-refractivity contribution in [1.29, 1.82) is 0 Å². The van der Waals surface area contributed by atoms with Crippen LogP contribution in [-0.2, 0) is 7.05 Å². The van der Waals surface area contributed by atoms with Gasteiger partial charge < -0.3 is 9.88 Å². The zero-order valence-corrected chi connectivity index (χ0v) is 12.1. The molecule has 0 atom stereocenters. The highest BCUT2D eigenvalue weighted by Crippen LogP contribution is 2.19. The first-order valence-electron chi connectivity index (χ1n) is 7.39. The average Bonchev–Trinajstić information content (AvgIpc) is 2.74. The Morgan fingerprint density at radius 2 is 2.05 bits per heavy atom. The van der Waals surface area contributed by atoms with Crippen LogP contribution in [0.2, 0.25) is 0 Å². The molecule has 4 heteroatoms. The number of hydrogen-bond donors (Lipinski definition) is 1. The van der Waals surface area contributed by atoms with Crippen molar-refractivity contribution in [1.82, 2.24) is 14.9 Å². The van der Waals surface area contributed by atoms with Gasteiger partial charge in [-0.3, -0.25) is 4.79 Å². The molecule has 1 aliphatic carbocycles. The van der Waals surface area contributed by atoms with Crippen LogP contribution < -0.4 is 5.32 Å². The minimum Gasteiger partial charge on any atom is -0.349 e. The predicted octanol–water partition coefficient (Wildman–Crippen LogP) is 2.94. The molecule has 1 fully saturated rings. The van der Waals surface area contributed by atoms with Gasteiger partial charge in [0.25, 0.3) is 5.91 Å². The van der Waals surface area contributed by atoms with E-state index in [-0.39, 0.29) is 5.91 Å². The lowest BCUT2D eigenvalue weighted by molar-refractivity contribution is 0.0928. The summed E-state index contributed by atoms with van der Waals surface area (Å²) in [5, 5.41) is 3.15. The maximum absolute atomic E-state index is 12.3. The van der Waals surface area contributed by atoms with Gasteiger partial charge in [-0.2, -0.15) is 0 Å². The highest BCUT2D eigenvalue weighted by molar-refractivity contribution is 5.97. The summed E-state index contributed by atoms with van der Waals surface area (Å²) in [7, 11) is 1.99. The first kappa shape index (κ1) is 13.2. The molecule has 1 amide bonds. The number of nitrogens with one attached hydrogen (secondary N) is 1. The van der Waals surface area contributed by atoms with Crippen LogP contribution in [0.3, 0.4) is 0 Å². The number of hydrogen-bond acceptors (Lipinski definition) is 2. The summed E-state index contributed by atoms with van der Waals surface area (Å²) >= 11 is 0. The molecule has 0 saturated heterocycles. The fourth-order valence-electron chi connectivity index (χ4n) is 2.98. The van der Waals surface area contributed by atoms with Crippen molar-refractivity contribution in [3.8, 4) is 0 Å². The second-order valence-electron chi connectivity index (χ2n) is 5.73. The van der Waals surface area contributed by atoms with Gasteiger partial charge in [-0.15, -0.1) is 0 Å². The van der Waals surface area contributed by atoms with E-state index in [9.17, 15) is 4.79 Å². The van der Waals surface area contributed by atoms with Crippen molar-refractivity contribution in [2.45, 2.75) is 45.1 Å². The normalized spacial score (nSPS) is 16.5. The molecule has 0 unspecified atom stereocenters. The molecular formula is C16H21N3O. The van der Waals surface area contributed by atoms with Crippen LogP contribution in [0.15, 0.2) is 18.2 Å². The molecule has 4 nitrogen and oxygen atoms in total. The number of carbonyl (C=O) groups excluding carboxylic acids is 1. The Labute approximate surface area is 119 Å². The molecule has 1 N–H and O–H groups in total. The summed E-state index contributed by atoms with van der Waals surface area (Å²) in [6, 6.07) is 6.10. The van der Waals surface area contributed by atoms with Crippen molar-refractivity contribution in [3.63, 3.8) is 0 Å². The summed E-state index contributed by atoms with van der Waals surface area (Å²) in [6.07, 6.45) is 5.96. The SMILES string of the molecule is Cc1nc2cc(C(=O)NC3CCCCC3)ccc2n1C. The van der Waals surface area contributed by atoms with Gasteiger partial charge in [0.1, 0.15) is 5.82 Å². The van der Waals surface area contributed by atoms with Gasteiger partial charge >= 0.3 is 0 Å². The lowest BCUT2D eigenvalue weighted by atomic mass is 9.95. The summed E-state index contributed by atoms with van der Waals surface area (Å²) in [4.78, 5) is 16.8. The largest absolute Gasteiger partial charge is 0.349 e. The Morgan fingerprint density at radius 1 is 1.30 bits per heavy atom. The number of imidazole rings is 1. The van der Waals surface area contributed by atoms with Gasteiger partial charge in [-0.1, -0.05) is 19.3 Å². The third-order valence-electron chi connectivity index (χ3n) is 4.31. The van der Waals surface area contributed by atoms with Crippen molar-refractivity contribution in [2.24, 2.45) is 7.05 Å². The topological polar surface area (TPSA) is 46.9 Å². The van der Waals surface area contributed by atoms with Crippen molar-refractivity contribution in [2.75, 3.05) is 0 Å². The molecule has 3 rings (SSSR count). The maximum atomic E-state index is 12.3. The summed E-state index contributed by atoms with van der Waals surface area (Å²) in [6.45, 7) is 1.97. The highest BCUT2D eigenvalue weighted by Gasteiger charge is 2.17. The Kier molecular flexibility index (Phi) is 3.47. The predicted molar refractivity (Wildman–Crippen MR) is 79.8 cm³/mol. The molecule has 0 aliphatic heterocycles. The Bertz CT molecular complexity index is 638. The summed E-state index contributed by atoms with van der Waals surface area (Å²) in [5.41, 5.74) is 2.67. The molecule has 0 radical (unpaired) electrons. The second-order valence-corrected chi connectivity index (χ2v) is 5.73. The van der Waals surface area contributed by atoms with E-state index in [4.69, 9.17) is 0 Å². The smallest absolute Gasteiger partial charge is 0.251 e. The molecule has 0 spiro atoms. The van der Waals surface area contributed by atoms with E-state index in [1.807, 2.05) is 36.7 Å². The standard InChI is InChI=1S/C16H21N3O/c1-11-17-14-10-12(8-9-15(14)19(11)2)16(20)18-13-6-4-3-5-7-13/h8-10,13H,3-7H2,1-2H3,(H,18,20). The van der Waals surface area contributed by atoms with E-state index >= 15 is 0 Å². The minimum absolute atomic E-state index is 0.0297. The maximum Gasteiger partial charge on any atom is 0.251 e. The summed E-state index contributed by atoms with van der Waals surface area (Å²) in [5.74, 6) is 0.993. The number of aromatic nitrogens is 2. The number of fused-ring (bicyclic) bond motifs is 1. The molecule has 0 bridgehead atoms. The number of aryl methyl sites for hydroxylation is 2. The van der Waals surface area contributed by atoms with Crippen LogP contribution in [0.1, 0.15) is 48.3 Å². The van der Waals surface area contributed by atoms with Crippen LogP contribution in [0.25, 0.3) is 11.0 Å². The Hall–Kier alpha value is -1.84. The lowest BCUT2D eigenvalue weighted by Gasteiger charge is -2.22. The van der Waals surface area contributed by atoms with Gasteiger partial charge in [0, 0.05) is 18.7 Å². The van der Waals surface area contributed by atoms with E-state index < -0.39 is 0 Å². The number of rotatable bonds is 2. The fraction of sp³-hybridized carbons (Fsp3) is 0.500. The lowest BCUT2D eigenvalue weighted by Crippen LogP contribution is -2.36. The van der Waals surface area contributed by atoms with E-state index in [0.29, 0.717) is 11.6 Å². The van der Waals surface area contributed by atoms with Gasteiger partial charge in [0.15, 0.2) is 0 Å². The molecular weight excluding hydrogens is 250 g/mol. The monoisotopic (exact) mass is 271 g/mol. The van der Waals surface area contributed by atoms with Gasteiger partial charge in [0.2, 0.25) is 0 Å². The van der Waals surface area contributed by atoms with Crippen LogP contribution in [0.5, 0.6) is 0 Å². The van der Waals surface area contributed by atoms with E-state index in [1.54, 1.807) is 0 Å². The molecule has 2 aromatic rings. The molecule has 1 heterocycles. The quantitative estimate of drug-likeness (QED) is 0.913. The number of amides is 1. The van der Waals surface area contributed by atoms with Crippen molar-refractivity contribution < 1.29 is 4.79 Å². The van der Waals surface area contributed by atoms with E-state index in [1.165, 1.54) is 19.3 Å². The van der Waals surface area contributed by atoms with E-state index in [2.05, 4.69) is 10.3 Å². The van der Waals surface area contributed by atoms with Crippen LogP contribution in [0, 0.1) is 6.92 Å². The number of nitrogens with zero attached hydrogens (tertiary/aromatic N) is 2. The third kappa shape index (κ3) is 2.42. The molecule has 1 saturated carbocycles. The second kappa shape index (κ2) is 5.27. The van der Waals surface area contributed by atoms with Crippen LogP contribution in [0.4, 0.5) is 0 Å². The third-order valence-corrected chi connectivity index (χ3v) is 4.31. The summed E-state index contributed by atoms with van der Waals surface area (Å²) < 4.78 is 2.04. The Balaban J connectivity index is 1.80. The Morgan fingerprint density at radius 3 is 2.80 bits per heavy atom. The highest BCUT2D eigenvalue weighted by atomic mass is 16.1. The molecule has 1 aromatic heterocycles. The number of benzene rings is 1. The van der Waals surface area contributed by atoms with Crippen molar-refractivity contribution in [3.05, 3.63) is 29.6 Å². The average molecular weight is 271 g/mol. The molecule has 1 aromatic carbocycles. The van der Waals surface area contributed by atoms with Crippen LogP contribution in [-0.4, -0.2) is 21.5 Å². The van der Waals surface area contributed by atoms with Gasteiger partial charge in [-0.25, -0.2) is 4.98 Å². The van der Waals surface area contributed by atoms with Gasteiger partial charge in [0.05, 0.1) is 11.0 Å². The zero-order chi connectivity index (χ0) is 14.1.